The first-order valence-corrected chi connectivity index (χ1v) is 12.2. The van der Waals surface area contributed by atoms with Crippen molar-refractivity contribution in [2.24, 2.45) is 5.73 Å². The van der Waals surface area contributed by atoms with E-state index < -0.39 is 0 Å². The number of carbonyl (C=O) groups is 1. The van der Waals surface area contributed by atoms with Gasteiger partial charge in [-0.25, -0.2) is 0 Å². The van der Waals surface area contributed by atoms with E-state index in [1.165, 1.54) is 16.2 Å². The number of rotatable bonds is 5. The summed E-state index contributed by atoms with van der Waals surface area (Å²) in [7, 11) is 0. The highest BCUT2D eigenvalue weighted by Crippen LogP contribution is 2.48. The molecule has 0 saturated carbocycles. The van der Waals surface area contributed by atoms with Gasteiger partial charge in [-0.3, -0.25) is 9.69 Å². The smallest absolute Gasteiger partial charge is 0.219 e. The summed E-state index contributed by atoms with van der Waals surface area (Å²) in [5, 5.41) is 19.2. The van der Waals surface area contributed by atoms with E-state index in [0.29, 0.717) is 28.5 Å². The van der Waals surface area contributed by atoms with E-state index in [2.05, 4.69) is 36.2 Å². The van der Waals surface area contributed by atoms with Gasteiger partial charge in [0.2, 0.25) is 5.13 Å². The number of thiophene rings is 1. The van der Waals surface area contributed by atoms with Crippen LogP contribution in [0.2, 0.25) is 0 Å². The normalized spacial score (nSPS) is 19.6. The molecule has 0 spiro atoms. The van der Waals surface area contributed by atoms with Gasteiger partial charge in [-0.1, -0.05) is 36.9 Å². The van der Waals surface area contributed by atoms with Crippen LogP contribution >= 0.6 is 34.4 Å². The molecule has 9 heteroatoms. The molecule has 150 valence electrons. The maximum Gasteiger partial charge on any atom is 0.219 e. The Morgan fingerprint density at radius 3 is 2.83 bits per heavy atom. The Hall–Kier alpha value is -2.15. The number of thioether (sulfide) groups is 1. The number of hydrogen-bond donors (Lipinski definition) is 1. The molecule has 2 N–H and O–H groups in total. The average molecular weight is 444 g/mol. The van der Waals surface area contributed by atoms with Gasteiger partial charge in [-0.2, -0.15) is 5.26 Å². The summed E-state index contributed by atoms with van der Waals surface area (Å²) in [6.07, 6.45) is 2.93. The summed E-state index contributed by atoms with van der Waals surface area (Å²) in [6.45, 7) is 4.16. The van der Waals surface area contributed by atoms with Gasteiger partial charge >= 0.3 is 0 Å². The second-order valence-electron chi connectivity index (χ2n) is 6.76. The monoisotopic (exact) mass is 443 g/mol. The van der Waals surface area contributed by atoms with Crippen LogP contribution in [0.25, 0.3) is 0 Å². The van der Waals surface area contributed by atoms with Crippen molar-refractivity contribution >= 4 is 45.4 Å². The van der Waals surface area contributed by atoms with Gasteiger partial charge in [0.05, 0.1) is 17.6 Å². The number of Topliss-reactive ketones (excluding diaryl/α,β-unsaturated/α-hetero) is 1. The number of nitrogens with zero attached hydrogens (tertiary/aromatic N) is 4. The summed E-state index contributed by atoms with van der Waals surface area (Å²) < 4.78 is 0.853. The standard InChI is InChI=1S/C20H21N5OS3/c1-3-11-8-9-15(28-11)16-12(10-21)18(22)25(13-6-5-7-14(26)17(13)16)19-23-24-20(29-19)27-4-2/h8-9,16H,3-7,22H2,1-2H3. The molecule has 0 bridgehead atoms. The predicted octanol–water partition coefficient (Wildman–Crippen LogP) is 4.58. The molecule has 0 fully saturated rings. The maximum absolute atomic E-state index is 13.1. The van der Waals surface area contributed by atoms with Gasteiger partial charge in [-0.15, -0.1) is 21.5 Å². The molecule has 0 amide bonds. The number of aromatic nitrogens is 2. The SMILES string of the molecule is CCSc1nnc(N2C(N)=C(C#N)C(c3ccc(CC)s3)C3=C2CCCC3=O)s1. The van der Waals surface area contributed by atoms with Crippen LogP contribution in [0.5, 0.6) is 0 Å². The van der Waals surface area contributed by atoms with E-state index in [1.54, 1.807) is 28.0 Å². The fourth-order valence-corrected chi connectivity index (χ4v) is 6.65. The second-order valence-corrected chi connectivity index (χ2v) is 10.4. The second kappa shape index (κ2) is 8.30. The molecule has 1 aliphatic heterocycles. The molecule has 1 unspecified atom stereocenters. The number of anilines is 1. The fraction of sp³-hybridized carbons (Fsp3) is 0.400. The van der Waals surface area contributed by atoms with Crippen LogP contribution in [0.3, 0.4) is 0 Å². The summed E-state index contributed by atoms with van der Waals surface area (Å²) >= 11 is 4.71. The van der Waals surface area contributed by atoms with Gasteiger partial charge in [0.1, 0.15) is 5.82 Å². The molecule has 6 nitrogen and oxygen atoms in total. The van der Waals surface area contributed by atoms with Crippen LogP contribution < -0.4 is 10.6 Å². The number of aryl methyl sites for hydroxylation is 1. The molecule has 2 aromatic heterocycles. The van der Waals surface area contributed by atoms with Crippen molar-refractivity contribution in [3.8, 4) is 6.07 Å². The zero-order valence-corrected chi connectivity index (χ0v) is 18.7. The minimum atomic E-state index is -0.387. The van der Waals surface area contributed by atoms with E-state index >= 15 is 0 Å². The lowest BCUT2D eigenvalue weighted by atomic mass is 9.78. The highest BCUT2D eigenvalue weighted by atomic mass is 32.2. The number of nitriles is 1. The van der Waals surface area contributed by atoms with Crippen molar-refractivity contribution in [2.75, 3.05) is 10.7 Å². The zero-order valence-electron chi connectivity index (χ0n) is 16.3. The van der Waals surface area contributed by atoms with Gasteiger partial charge in [-0.05, 0) is 37.1 Å². The van der Waals surface area contributed by atoms with Crippen molar-refractivity contribution in [1.82, 2.24) is 10.2 Å². The van der Waals surface area contributed by atoms with Gasteiger partial charge in [0.25, 0.3) is 0 Å². The van der Waals surface area contributed by atoms with Crippen LogP contribution in [0.1, 0.15) is 48.8 Å². The third-order valence-electron chi connectivity index (χ3n) is 5.08. The molecule has 0 aromatic carbocycles. The number of carbonyl (C=O) groups excluding carboxylic acids is 1. The van der Waals surface area contributed by atoms with E-state index in [9.17, 15) is 10.1 Å². The van der Waals surface area contributed by atoms with Crippen LogP contribution in [0.15, 0.2) is 39.1 Å². The van der Waals surface area contributed by atoms with E-state index in [0.717, 1.165) is 39.9 Å². The van der Waals surface area contributed by atoms with Crippen LogP contribution in [0, 0.1) is 11.3 Å². The van der Waals surface area contributed by atoms with Crippen LogP contribution in [-0.2, 0) is 11.2 Å². The first-order chi connectivity index (χ1) is 14.1. The molecule has 3 heterocycles. The van der Waals surface area contributed by atoms with Crippen molar-refractivity contribution in [3.63, 3.8) is 0 Å². The molecular formula is C20H21N5OS3. The quantitative estimate of drug-likeness (QED) is 0.676. The average Bonchev–Trinajstić information content (AvgIpc) is 3.37. The Bertz CT molecular complexity index is 1060. The van der Waals surface area contributed by atoms with E-state index in [4.69, 9.17) is 5.73 Å². The molecule has 0 radical (unpaired) electrons. The topological polar surface area (TPSA) is 95.9 Å². The Balaban J connectivity index is 1.89. The highest BCUT2D eigenvalue weighted by molar-refractivity contribution is 8.01. The van der Waals surface area contributed by atoms with Gasteiger partial charge in [0, 0.05) is 27.4 Å². The number of nitrogens with two attached hydrogens (primary N) is 1. The fourth-order valence-electron chi connectivity index (χ4n) is 3.80. The largest absolute Gasteiger partial charge is 0.384 e. The van der Waals surface area contributed by atoms with Crippen molar-refractivity contribution in [3.05, 3.63) is 44.6 Å². The molecule has 1 aliphatic carbocycles. The summed E-state index contributed by atoms with van der Waals surface area (Å²) in [5.74, 6) is 0.972. The molecule has 0 saturated heterocycles. The Kier molecular flexibility index (Phi) is 5.76. The Morgan fingerprint density at radius 1 is 1.31 bits per heavy atom. The van der Waals surface area contributed by atoms with Crippen LogP contribution in [0.4, 0.5) is 5.13 Å². The van der Waals surface area contributed by atoms with Crippen LogP contribution in [-0.4, -0.2) is 21.7 Å². The minimum absolute atomic E-state index is 0.0978. The predicted molar refractivity (Wildman–Crippen MR) is 118 cm³/mol. The molecule has 1 atom stereocenters. The first kappa shape index (κ1) is 20.1. The van der Waals surface area contributed by atoms with Crippen molar-refractivity contribution < 1.29 is 4.79 Å². The third kappa shape index (κ3) is 3.50. The van der Waals surface area contributed by atoms with Gasteiger partial charge < -0.3 is 5.73 Å². The zero-order chi connectivity index (χ0) is 20.5. The Labute approximate surface area is 182 Å². The number of hydrogen-bond acceptors (Lipinski definition) is 9. The molecule has 2 aromatic rings. The maximum atomic E-state index is 13.1. The van der Waals surface area contributed by atoms with Gasteiger partial charge in [0.15, 0.2) is 10.1 Å². The summed E-state index contributed by atoms with van der Waals surface area (Å²) in [6, 6.07) is 6.40. The molecular weight excluding hydrogens is 422 g/mol. The lowest BCUT2D eigenvalue weighted by molar-refractivity contribution is -0.116. The minimum Gasteiger partial charge on any atom is -0.384 e. The number of ketones is 1. The summed E-state index contributed by atoms with van der Waals surface area (Å²) in [4.78, 5) is 17.1. The van der Waals surface area contributed by atoms with E-state index in [1.807, 2.05) is 6.07 Å². The van der Waals surface area contributed by atoms with Crippen molar-refractivity contribution in [2.45, 2.75) is 49.8 Å². The lowest BCUT2D eigenvalue weighted by Gasteiger charge is -2.37. The Morgan fingerprint density at radius 2 is 2.14 bits per heavy atom. The third-order valence-corrected chi connectivity index (χ3v) is 8.30. The molecule has 2 aliphatic rings. The lowest BCUT2D eigenvalue weighted by Crippen LogP contribution is -2.38. The molecule has 29 heavy (non-hydrogen) atoms. The number of allylic oxidation sites excluding steroid dienone is 3. The molecule has 4 rings (SSSR count). The highest BCUT2D eigenvalue weighted by Gasteiger charge is 2.41. The van der Waals surface area contributed by atoms with E-state index in [-0.39, 0.29) is 11.7 Å². The summed E-state index contributed by atoms with van der Waals surface area (Å²) in [5.41, 5.74) is 8.54. The first-order valence-electron chi connectivity index (χ1n) is 9.60. The van der Waals surface area contributed by atoms with Crippen molar-refractivity contribution in [1.29, 1.82) is 5.26 Å².